The van der Waals surface area contributed by atoms with Gasteiger partial charge >= 0.3 is 15.6 Å². The average Bonchev–Trinajstić information content (AvgIpc) is 1.55. The molecule has 10 heteroatoms. The number of aliphatic hydroxyl groups is 1. The fourth-order valence-electron chi connectivity index (χ4n) is 0.231. The highest BCUT2D eigenvalue weighted by molar-refractivity contribution is 7.60. The highest BCUT2D eigenvalue weighted by Crippen LogP contribution is 2.57. The molecule has 0 saturated heterocycles. The van der Waals surface area contributed by atoms with Crippen molar-refractivity contribution in [3.63, 3.8) is 0 Å². The number of hydrogen-bond donors (Lipinski definition) is 4. The maximum atomic E-state index is 10.3. The predicted octanol–water partition coefficient (Wildman–Crippen LogP) is -0.838. The topological polar surface area (TPSA) is 134 Å². The van der Waals surface area contributed by atoms with Crippen LogP contribution in [-0.2, 0) is 18.0 Å². The fourth-order valence-corrected chi connectivity index (χ4v) is 1.64. The largest absolute Gasteiger partial charge is 0.483 e. The Morgan fingerprint density at radius 1 is 1.18 bits per heavy atom. The van der Waals surface area contributed by atoms with Gasteiger partial charge in [-0.3, -0.25) is 4.52 Å². The van der Waals surface area contributed by atoms with Crippen molar-refractivity contribution in [1.29, 1.82) is 0 Å². The molecule has 0 fully saturated rings. The van der Waals surface area contributed by atoms with Gasteiger partial charge in [-0.05, 0) is 0 Å². The number of phosphoric ester groups is 1. The third kappa shape index (κ3) is 6.61. The normalized spacial score (nSPS) is 17.8. The third-order valence-corrected chi connectivity index (χ3v) is 2.55. The summed E-state index contributed by atoms with van der Waals surface area (Å²) in [5.41, 5.74) is 0. The van der Waals surface area contributed by atoms with Gasteiger partial charge in [-0.25, -0.2) is 9.13 Å². The highest BCUT2D eigenvalue weighted by Gasteiger charge is 2.31. The van der Waals surface area contributed by atoms with Gasteiger partial charge in [0.1, 0.15) is 0 Å². The number of rotatable bonds is 4. The molecule has 8 nitrogen and oxygen atoms in total. The Kier molecular flexibility index (Phi) is 3.83. The molecule has 0 amide bonds. The minimum absolute atomic E-state index is 1.17. The lowest BCUT2D eigenvalue weighted by atomic mass is 11.6. The van der Waals surface area contributed by atoms with Gasteiger partial charge < -0.3 is 19.8 Å². The van der Waals surface area contributed by atoms with Gasteiger partial charge in [-0.15, -0.1) is 0 Å². The average molecular weight is 208 g/mol. The summed E-state index contributed by atoms with van der Waals surface area (Å²) < 4.78 is 27.0. The van der Waals surface area contributed by atoms with Crippen molar-refractivity contribution in [2.75, 3.05) is 6.79 Å². The lowest BCUT2D eigenvalue weighted by molar-refractivity contribution is 0.0647. The quantitative estimate of drug-likeness (QED) is 0.347. The van der Waals surface area contributed by atoms with Crippen molar-refractivity contribution >= 4 is 15.6 Å². The number of phosphoric acid groups is 2. The Morgan fingerprint density at radius 3 is 1.91 bits per heavy atom. The van der Waals surface area contributed by atoms with E-state index in [1.54, 1.807) is 0 Å². The molecule has 0 spiro atoms. The van der Waals surface area contributed by atoms with Crippen LogP contribution in [0.25, 0.3) is 0 Å². The van der Waals surface area contributed by atoms with Crippen LogP contribution >= 0.6 is 15.6 Å². The smallest absolute Gasteiger partial charge is 0.370 e. The molecule has 0 aliphatic carbocycles. The summed E-state index contributed by atoms with van der Waals surface area (Å²) in [6.07, 6.45) is 0. The molecule has 0 saturated carbocycles. The molecular formula is CH6O8P2. The van der Waals surface area contributed by atoms with Gasteiger partial charge in [-0.2, -0.15) is 4.31 Å². The van der Waals surface area contributed by atoms with Crippen LogP contribution in [0, 0.1) is 0 Å². The first-order valence-corrected chi connectivity index (χ1v) is 5.14. The fraction of sp³-hybridized carbons (Fsp3) is 1.00. The van der Waals surface area contributed by atoms with Crippen molar-refractivity contribution in [2.45, 2.75) is 0 Å². The molecule has 68 valence electrons. The molecule has 0 radical (unpaired) electrons. The van der Waals surface area contributed by atoms with Crippen LogP contribution < -0.4 is 0 Å². The zero-order valence-electron chi connectivity index (χ0n) is 5.02. The standard InChI is InChI=1S/CH6O8P2/c2-1-8-11(6,7)9-10(3,4)5/h2H,1H2,(H,6,7)(H2,3,4,5). The summed E-state index contributed by atoms with van der Waals surface area (Å²) in [7, 11) is -9.89. The molecule has 0 rings (SSSR count). The zero-order valence-corrected chi connectivity index (χ0v) is 6.81. The van der Waals surface area contributed by atoms with Crippen molar-refractivity contribution in [3.8, 4) is 0 Å². The highest BCUT2D eigenvalue weighted by atomic mass is 31.3. The zero-order chi connectivity index (χ0) is 9.12. The number of hydrogen-bond acceptors (Lipinski definition) is 5. The van der Waals surface area contributed by atoms with Crippen LogP contribution in [0.15, 0.2) is 0 Å². The lowest BCUT2D eigenvalue weighted by Gasteiger charge is -2.09. The first kappa shape index (κ1) is 11.2. The molecule has 0 aromatic heterocycles. The maximum absolute atomic E-state index is 10.3. The second-order valence-corrected chi connectivity index (χ2v) is 4.13. The Morgan fingerprint density at radius 2 is 1.64 bits per heavy atom. The molecular weight excluding hydrogens is 202 g/mol. The number of aliphatic hydroxyl groups excluding tert-OH is 1. The monoisotopic (exact) mass is 208 g/mol. The summed E-state index contributed by atoms with van der Waals surface area (Å²) in [6, 6.07) is 0. The van der Waals surface area contributed by atoms with E-state index in [4.69, 9.17) is 19.8 Å². The molecule has 0 aromatic rings. The van der Waals surface area contributed by atoms with Gasteiger partial charge in [0, 0.05) is 0 Å². The van der Waals surface area contributed by atoms with Crippen LogP contribution in [0.4, 0.5) is 0 Å². The maximum Gasteiger partial charge on any atom is 0.483 e. The van der Waals surface area contributed by atoms with Crippen molar-refractivity contribution in [1.82, 2.24) is 0 Å². The van der Waals surface area contributed by atoms with Crippen LogP contribution in [-0.4, -0.2) is 26.6 Å². The molecule has 0 aliphatic heterocycles. The summed E-state index contributed by atoms with van der Waals surface area (Å²) in [5.74, 6) is 0. The van der Waals surface area contributed by atoms with Gasteiger partial charge in [0.05, 0.1) is 0 Å². The van der Waals surface area contributed by atoms with Gasteiger partial charge in [0.25, 0.3) is 0 Å². The first-order valence-electron chi connectivity index (χ1n) is 2.12. The van der Waals surface area contributed by atoms with E-state index in [0.29, 0.717) is 0 Å². The first-order chi connectivity index (χ1) is 4.77. The van der Waals surface area contributed by atoms with Crippen molar-refractivity contribution in [3.05, 3.63) is 0 Å². The third-order valence-electron chi connectivity index (χ3n) is 0.430. The molecule has 0 heterocycles. The van der Waals surface area contributed by atoms with Crippen LogP contribution in [0.2, 0.25) is 0 Å². The second kappa shape index (κ2) is 3.75. The van der Waals surface area contributed by atoms with Gasteiger partial charge in [0.15, 0.2) is 6.79 Å². The van der Waals surface area contributed by atoms with E-state index in [1.165, 1.54) is 0 Å². The van der Waals surface area contributed by atoms with Crippen LogP contribution in [0.3, 0.4) is 0 Å². The lowest BCUT2D eigenvalue weighted by Crippen LogP contribution is -1.94. The van der Waals surface area contributed by atoms with E-state index in [-0.39, 0.29) is 0 Å². The molecule has 1 unspecified atom stereocenters. The molecule has 0 aliphatic rings. The van der Waals surface area contributed by atoms with Crippen LogP contribution in [0.5, 0.6) is 0 Å². The van der Waals surface area contributed by atoms with E-state index in [0.717, 1.165) is 0 Å². The molecule has 11 heavy (non-hydrogen) atoms. The molecule has 4 N–H and O–H groups in total. The van der Waals surface area contributed by atoms with E-state index < -0.39 is 22.4 Å². The molecule has 1 atom stereocenters. The molecule has 0 aromatic carbocycles. The Balaban J connectivity index is 4.14. The van der Waals surface area contributed by atoms with E-state index >= 15 is 0 Å². The SMILES string of the molecule is O=P(O)(O)OP(=O)(O)OCO. The minimum Gasteiger partial charge on any atom is -0.370 e. The summed E-state index contributed by atoms with van der Waals surface area (Å²) >= 11 is 0. The Labute approximate surface area is 61.2 Å². The molecule has 0 bridgehead atoms. The van der Waals surface area contributed by atoms with Gasteiger partial charge in [-0.1, -0.05) is 0 Å². The van der Waals surface area contributed by atoms with Gasteiger partial charge in [0.2, 0.25) is 0 Å². The minimum atomic E-state index is -5.07. The van der Waals surface area contributed by atoms with Crippen LogP contribution in [0.1, 0.15) is 0 Å². The van der Waals surface area contributed by atoms with Crippen molar-refractivity contribution in [2.24, 2.45) is 0 Å². The Hall–Kier alpha value is 0.220. The van der Waals surface area contributed by atoms with E-state index in [2.05, 4.69) is 8.83 Å². The predicted molar refractivity (Wildman–Crippen MR) is 31.1 cm³/mol. The summed E-state index contributed by atoms with van der Waals surface area (Å²) in [4.78, 5) is 24.3. The van der Waals surface area contributed by atoms with Crippen molar-refractivity contribution < 1.29 is 37.8 Å². The van der Waals surface area contributed by atoms with E-state index in [1.807, 2.05) is 0 Å². The van der Waals surface area contributed by atoms with E-state index in [9.17, 15) is 9.13 Å². The Bertz CT molecular complexity index is 202. The summed E-state index contributed by atoms with van der Waals surface area (Å²) in [6.45, 7) is -1.17. The summed E-state index contributed by atoms with van der Waals surface area (Å²) in [5, 5.41) is 7.91. The second-order valence-electron chi connectivity index (χ2n) is 1.30.